The minimum Gasteiger partial charge on any atom is -0.488 e. The van der Waals surface area contributed by atoms with Gasteiger partial charge in [0.15, 0.2) is 0 Å². The van der Waals surface area contributed by atoms with E-state index in [1.165, 1.54) is 12.1 Å². The van der Waals surface area contributed by atoms with Crippen LogP contribution in [0.25, 0.3) is 0 Å². The van der Waals surface area contributed by atoms with E-state index in [0.29, 0.717) is 31.0 Å². The van der Waals surface area contributed by atoms with Crippen LogP contribution >= 0.6 is 0 Å². The SMILES string of the molecule is COCCNCc1cc([N+](=O)[O-])ccc1OC(C)C(C)O. The zero-order valence-electron chi connectivity index (χ0n) is 12.5. The quantitative estimate of drug-likeness (QED) is 0.407. The molecule has 118 valence electrons. The van der Waals surface area contributed by atoms with E-state index in [4.69, 9.17) is 9.47 Å². The zero-order valence-corrected chi connectivity index (χ0v) is 12.5. The van der Waals surface area contributed by atoms with Gasteiger partial charge in [-0.05, 0) is 19.9 Å². The first-order chi connectivity index (χ1) is 9.95. The molecule has 2 unspecified atom stereocenters. The van der Waals surface area contributed by atoms with Crippen LogP contribution in [0.3, 0.4) is 0 Å². The Hall–Kier alpha value is -1.70. The molecule has 1 aromatic rings. The third-order valence-electron chi connectivity index (χ3n) is 3.05. The summed E-state index contributed by atoms with van der Waals surface area (Å²) in [6.07, 6.45) is -1.03. The van der Waals surface area contributed by atoms with Gasteiger partial charge in [0.05, 0.1) is 17.6 Å². The summed E-state index contributed by atoms with van der Waals surface area (Å²) in [4.78, 5) is 10.4. The summed E-state index contributed by atoms with van der Waals surface area (Å²) < 4.78 is 10.6. The first-order valence-corrected chi connectivity index (χ1v) is 6.77. The van der Waals surface area contributed by atoms with Gasteiger partial charge in [-0.25, -0.2) is 0 Å². The number of non-ortho nitro benzene ring substituents is 1. The predicted octanol–water partition coefficient (Wildman–Crippen LogP) is 1.48. The molecule has 2 atom stereocenters. The molecule has 0 aliphatic heterocycles. The van der Waals surface area contributed by atoms with Gasteiger partial charge in [0.2, 0.25) is 0 Å². The van der Waals surface area contributed by atoms with Crippen LogP contribution in [-0.4, -0.2) is 42.5 Å². The molecule has 0 saturated heterocycles. The molecule has 0 saturated carbocycles. The van der Waals surface area contributed by atoms with E-state index in [-0.39, 0.29) is 5.69 Å². The van der Waals surface area contributed by atoms with Crippen molar-refractivity contribution in [2.45, 2.75) is 32.6 Å². The number of nitrogens with one attached hydrogen (secondary N) is 1. The van der Waals surface area contributed by atoms with E-state index in [1.807, 2.05) is 0 Å². The number of aliphatic hydroxyl groups excluding tert-OH is 1. The summed E-state index contributed by atoms with van der Waals surface area (Å²) in [5.74, 6) is 0.527. The number of rotatable bonds is 9. The molecule has 7 nitrogen and oxygen atoms in total. The Labute approximate surface area is 124 Å². The van der Waals surface area contributed by atoms with Gasteiger partial charge < -0.3 is 19.9 Å². The van der Waals surface area contributed by atoms with Gasteiger partial charge in [0.1, 0.15) is 11.9 Å². The maximum atomic E-state index is 10.9. The summed E-state index contributed by atoms with van der Waals surface area (Å²) in [5.41, 5.74) is 0.684. The fraction of sp³-hybridized carbons (Fsp3) is 0.571. The molecular formula is C14H22N2O5. The van der Waals surface area contributed by atoms with Crippen molar-refractivity contribution in [3.05, 3.63) is 33.9 Å². The van der Waals surface area contributed by atoms with Crippen LogP contribution in [0.5, 0.6) is 5.75 Å². The van der Waals surface area contributed by atoms with Crippen molar-refractivity contribution in [3.63, 3.8) is 0 Å². The number of hydrogen-bond donors (Lipinski definition) is 2. The lowest BCUT2D eigenvalue weighted by Gasteiger charge is -2.19. The fourth-order valence-electron chi connectivity index (χ4n) is 1.63. The van der Waals surface area contributed by atoms with E-state index in [2.05, 4.69) is 5.32 Å². The largest absolute Gasteiger partial charge is 0.488 e. The second kappa shape index (κ2) is 8.56. The number of methoxy groups -OCH3 is 1. The number of hydrogen-bond acceptors (Lipinski definition) is 6. The zero-order chi connectivity index (χ0) is 15.8. The number of benzene rings is 1. The lowest BCUT2D eigenvalue weighted by atomic mass is 10.1. The van der Waals surface area contributed by atoms with Crippen LogP contribution in [0.4, 0.5) is 5.69 Å². The average Bonchev–Trinajstić information content (AvgIpc) is 2.44. The molecule has 2 N–H and O–H groups in total. The number of nitrogens with zero attached hydrogens (tertiary/aromatic N) is 1. The highest BCUT2D eigenvalue weighted by atomic mass is 16.6. The molecule has 0 aliphatic rings. The van der Waals surface area contributed by atoms with Crippen molar-refractivity contribution in [2.75, 3.05) is 20.3 Å². The Morgan fingerprint density at radius 3 is 2.71 bits per heavy atom. The van der Waals surface area contributed by atoms with Crippen molar-refractivity contribution in [3.8, 4) is 5.75 Å². The van der Waals surface area contributed by atoms with Crippen LogP contribution in [0.1, 0.15) is 19.4 Å². The standard InChI is InChI=1S/C14H22N2O5/c1-10(17)11(2)21-14-5-4-13(16(18)19)8-12(14)9-15-6-7-20-3/h4-5,8,10-11,15,17H,6-7,9H2,1-3H3. The normalized spacial score (nSPS) is 13.7. The highest BCUT2D eigenvalue weighted by Gasteiger charge is 2.16. The van der Waals surface area contributed by atoms with Gasteiger partial charge in [-0.2, -0.15) is 0 Å². The van der Waals surface area contributed by atoms with Gasteiger partial charge in [0.25, 0.3) is 5.69 Å². The van der Waals surface area contributed by atoms with Crippen LogP contribution in [-0.2, 0) is 11.3 Å². The summed E-state index contributed by atoms with van der Waals surface area (Å²) in [7, 11) is 1.61. The molecule has 0 spiro atoms. The van der Waals surface area contributed by atoms with Crippen molar-refractivity contribution < 1.29 is 19.5 Å². The Kier molecular flexibility index (Phi) is 7.07. The molecule has 7 heteroatoms. The molecular weight excluding hydrogens is 276 g/mol. The number of aliphatic hydroxyl groups is 1. The van der Waals surface area contributed by atoms with Gasteiger partial charge >= 0.3 is 0 Å². The Bertz CT molecular complexity index is 465. The first-order valence-electron chi connectivity index (χ1n) is 6.77. The second-order valence-corrected chi connectivity index (χ2v) is 4.78. The molecule has 0 aromatic heterocycles. The molecule has 1 rings (SSSR count). The molecule has 21 heavy (non-hydrogen) atoms. The summed E-state index contributed by atoms with van der Waals surface area (Å²) in [6.45, 7) is 4.98. The van der Waals surface area contributed by atoms with Crippen LogP contribution < -0.4 is 10.1 Å². The lowest BCUT2D eigenvalue weighted by Crippen LogP contribution is -2.26. The maximum Gasteiger partial charge on any atom is 0.270 e. The summed E-state index contributed by atoms with van der Waals surface area (Å²) >= 11 is 0. The molecule has 0 heterocycles. The van der Waals surface area contributed by atoms with E-state index >= 15 is 0 Å². The van der Waals surface area contributed by atoms with Crippen molar-refractivity contribution in [1.82, 2.24) is 5.32 Å². The smallest absolute Gasteiger partial charge is 0.270 e. The van der Waals surface area contributed by atoms with Crippen molar-refractivity contribution >= 4 is 5.69 Å². The number of nitro benzene ring substituents is 1. The monoisotopic (exact) mass is 298 g/mol. The van der Waals surface area contributed by atoms with Crippen LogP contribution in [0, 0.1) is 10.1 Å². The van der Waals surface area contributed by atoms with Gasteiger partial charge in [0, 0.05) is 37.9 Å². The molecule has 0 radical (unpaired) electrons. The van der Waals surface area contributed by atoms with Gasteiger partial charge in [-0.3, -0.25) is 10.1 Å². The Morgan fingerprint density at radius 1 is 1.43 bits per heavy atom. The Balaban J connectivity index is 2.86. The molecule has 0 fully saturated rings. The van der Waals surface area contributed by atoms with Crippen LogP contribution in [0.2, 0.25) is 0 Å². The average molecular weight is 298 g/mol. The molecule has 1 aromatic carbocycles. The first kappa shape index (κ1) is 17.4. The van der Waals surface area contributed by atoms with E-state index in [1.54, 1.807) is 27.0 Å². The minimum absolute atomic E-state index is 0.00981. The third-order valence-corrected chi connectivity index (χ3v) is 3.05. The third kappa shape index (κ3) is 5.66. The number of ether oxygens (including phenoxy) is 2. The maximum absolute atomic E-state index is 10.9. The van der Waals surface area contributed by atoms with Crippen molar-refractivity contribution in [1.29, 1.82) is 0 Å². The van der Waals surface area contributed by atoms with Crippen molar-refractivity contribution in [2.24, 2.45) is 0 Å². The van der Waals surface area contributed by atoms with Gasteiger partial charge in [-0.1, -0.05) is 0 Å². The lowest BCUT2D eigenvalue weighted by molar-refractivity contribution is -0.384. The molecule has 0 amide bonds. The van der Waals surface area contributed by atoms with E-state index in [0.717, 1.165) is 0 Å². The summed E-state index contributed by atoms with van der Waals surface area (Å²) in [6, 6.07) is 4.43. The fourth-order valence-corrected chi connectivity index (χ4v) is 1.63. The van der Waals surface area contributed by atoms with Crippen LogP contribution in [0.15, 0.2) is 18.2 Å². The number of nitro groups is 1. The minimum atomic E-state index is -0.630. The second-order valence-electron chi connectivity index (χ2n) is 4.78. The highest BCUT2D eigenvalue weighted by molar-refractivity contribution is 5.44. The van der Waals surface area contributed by atoms with E-state index < -0.39 is 17.1 Å². The predicted molar refractivity (Wildman–Crippen MR) is 78.4 cm³/mol. The van der Waals surface area contributed by atoms with E-state index in [9.17, 15) is 15.2 Å². The Morgan fingerprint density at radius 2 is 2.14 bits per heavy atom. The topological polar surface area (TPSA) is 93.9 Å². The summed E-state index contributed by atoms with van der Waals surface area (Å²) in [5, 5.41) is 23.5. The van der Waals surface area contributed by atoms with Gasteiger partial charge in [-0.15, -0.1) is 0 Å². The molecule has 0 bridgehead atoms. The molecule has 0 aliphatic carbocycles. The highest BCUT2D eigenvalue weighted by Crippen LogP contribution is 2.25.